The van der Waals surface area contributed by atoms with E-state index in [4.69, 9.17) is 0 Å². The predicted molar refractivity (Wildman–Crippen MR) is 35.0 cm³/mol. The molecule has 0 aliphatic carbocycles. The molecule has 0 saturated heterocycles. The van der Waals surface area contributed by atoms with Crippen molar-refractivity contribution in [3.63, 3.8) is 0 Å². The number of thioether (sulfide) groups is 1. The maximum atomic E-state index is 3.73. The fourth-order valence-electron chi connectivity index (χ4n) is 0.354. The summed E-state index contributed by atoms with van der Waals surface area (Å²) in [6.07, 6.45) is 3.98. The Morgan fingerprint density at radius 2 is 1.86 bits per heavy atom. The lowest BCUT2D eigenvalue weighted by molar-refractivity contribution is 1.78. The van der Waals surface area contributed by atoms with Gasteiger partial charge in [-0.3, -0.25) is 0 Å². The Bertz CT molecular complexity index is 117. The average molecular weight is 110 g/mol. The molecule has 0 N–H and O–H groups in total. The molecule has 1 heterocycles. The van der Waals surface area contributed by atoms with E-state index in [1.54, 1.807) is 11.8 Å². The molecule has 1 rings (SSSR count). The van der Waals surface area contributed by atoms with Crippen LogP contribution in [0.2, 0.25) is 0 Å². The highest BCUT2D eigenvalue weighted by molar-refractivity contribution is 8.04. The second-order valence-corrected chi connectivity index (χ2v) is 2.13. The highest BCUT2D eigenvalue weighted by Gasteiger charge is 1.83. The molecule has 36 valence electrons. The SMILES string of the molecule is C=C1C=CSC=C1. The molecule has 0 atom stereocenters. The van der Waals surface area contributed by atoms with Gasteiger partial charge < -0.3 is 0 Å². The van der Waals surface area contributed by atoms with Crippen LogP contribution < -0.4 is 0 Å². The molecule has 0 unspecified atom stereocenters. The zero-order valence-corrected chi connectivity index (χ0v) is 4.74. The summed E-state index contributed by atoms with van der Waals surface area (Å²) in [6.45, 7) is 3.73. The van der Waals surface area contributed by atoms with Crippen molar-refractivity contribution in [2.75, 3.05) is 0 Å². The molecule has 0 amide bonds. The molecule has 0 saturated carbocycles. The van der Waals surface area contributed by atoms with E-state index >= 15 is 0 Å². The minimum Gasteiger partial charge on any atom is -0.106 e. The van der Waals surface area contributed by atoms with Gasteiger partial charge in [0.05, 0.1) is 0 Å². The lowest BCUT2D eigenvalue weighted by Crippen LogP contribution is -1.66. The van der Waals surface area contributed by atoms with Gasteiger partial charge in [0.2, 0.25) is 0 Å². The third-order valence-corrected chi connectivity index (χ3v) is 1.31. The molecular weight excluding hydrogens is 104 g/mol. The molecule has 0 aromatic carbocycles. The highest BCUT2D eigenvalue weighted by atomic mass is 32.2. The standard InChI is InChI=1S/C6H6S/c1-6-2-4-7-5-3-6/h2-5H,1H2. The topological polar surface area (TPSA) is 0 Å². The third kappa shape index (κ3) is 1.24. The van der Waals surface area contributed by atoms with Gasteiger partial charge in [0, 0.05) is 0 Å². The van der Waals surface area contributed by atoms with Gasteiger partial charge in [-0.2, -0.15) is 0 Å². The van der Waals surface area contributed by atoms with Gasteiger partial charge in [-0.1, -0.05) is 6.58 Å². The van der Waals surface area contributed by atoms with Crippen molar-refractivity contribution < 1.29 is 0 Å². The van der Waals surface area contributed by atoms with E-state index in [2.05, 4.69) is 6.58 Å². The van der Waals surface area contributed by atoms with Crippen LogP contribution in [-0.4, -0.2) is 0 Å². The highest BCUT2D eigenvalue weighted by Crippen LogP contribution is 2.13. The van der Waals surface area contributed by atoms with E-state index in [9.17, 15) is 0 Å². The van der Waals surface area contributed by atoms with Crippen LogP contribution in [-0.2, 0) is 0 Å². The number of hydrogen-bond acceptors (Lipinski definition) is 1. The van der Waals surface area contributed by atoms with Crippen LogP contribution in [0.25, 0.3) is 0 Å². The quantitative estimate of drug-likeness (QED) is 0.461. The van der Waals surface area contributed by atoms with Gasteiger partial charge >= 0.3 is 0 Å². The maximum Gasteiger partial charge on any atom is -0.0242 e. The monoisotopic (exact) mass is 110 g/mol. The van der Waals surface area contributed by atoms with E-state index in [0.29, 0.717) is 0 Å². The molecular formula is C6H6S. The Labute approximate surface area is 47.6 Å². The smallest absolute Gasteiger partial charge is 0.0242 e. The number of hydrogen-bond donors (Lipinski definition) is 0. The summed E-state index contributed by atoms with van der Waals surface area (Å²) in [5, 5.41) is 4.03. The second kappa shape index (κ2) is 2.03. The van der Waals surface area contributed by atoms with Crippen LogP contribution in [0, 0.1) is 0 Å². The predicted octanol–water partition coefficient (Wildman–Crippen LogP) is 2.32. The number of rotatable bonds is 0. The van der Waals surface area contributed by atoms with E-state index in [0.717, 1.165) is 5.57 Å². The molecule has 1 aliphatic rings. The molecule has 0 spiro atoms. The Kier molecular flexibility index (Phi) is 1.37. The largest absolute Gasteiger partial charge is 0.106 e. The lowest BCUT2D eigenvalue weighted by Gasteiger charge is -1.92. The fourth-order valence-corrected chi connectivity index (χ4v) is 0.952. The summed E-state index contributed by atoms with van der Waals surface area (Å²) in [5.41, 5.74) is 1.08. The minimum absolute atomic E-state index is 1.08. The van der Waals surface area contributed by atoms with Gasteiger partial charge in [-0.05, 0) is 28.5 Å². The van der Waals surface area contributed by atoms with Crippen molar-refractivity contribution in [1.82, 2.24) is 0 Å². The van der Waals surface area contributed by atoms with Gasteiger partial charge in [-0.25, -0.2) is 0 Å². The van der Waals surface area contributed by atoms with Gasteiger partial charge in [0.15, 0.2) is 0 Å². The Morgan fingerprint density at radius 3 is 2.14 bits per heavy atom. The molecule has 0 bridgehead atoms. The van der Waals surface area contributed by atoms with Crippen LogP contribution in [0.15, 0.2) is 35.1 Å². The van der Waals surface area contributed by atoms with E-state index in [1.165, 1.54) is 0 Å². The molecule has 0 nitrogen and oxygen atoms in total. The summed E-state index contributed by atoms with van der Waals surface area (Å²) in [7, 11) is 0. The molecule has 7 heavy (non-hydrogen) atoms. The molecule has 0 radical (unpaired) electrons. The first-order valence-electron chi connectivity index (χ1n) is 2.07. The Balaban J connectivity index is 2.66. The fraction of sp³-hybridized carbons (Fsp3) is 0. The van der Waals surface area contributed by atoms with Crippen molar-refractivity contribution >= 4 is 11.8 Å². The van der Waals surface area contributed by atoms with Crippen LogP contribution >= 0.6 is 11.8 Å². The van der Waals surface area contributed by atoms with E-state index in [1.807, 2.05) is 23.0 Å². The van der Waals surface area contributed by atoms with Gasteiger partial charge in [-0.15, -0.1) is 11.8 Å². The third-order valence-electron chi connectivity index (χ3n) is 0.721. The van der Waals surface area contributed by atoms with Crippen LogP contribution in [0.3, 0.4) is 0 Å². The van der Waals surface area contributed by atoms with Crippen molar-refractivity contribution in [1.29, 1.82) is 0 Å². The van der Waals surface area contributed by atoms with Crippen LogP contribution in [0.5, 0.6) is 0 Å². The zero-order chi connectivity index (χ0) is 5.11. The minimum atomic E-state index is 1.08. The Morgan fingerprint density at radius 1 is 1.29 bits per heavy atom. The molecule has 1 aliphatic heterocycles. The average Bonchev–Trinajstić information content (AvgIpc) is 1.69. The first-order chi connectivity index (χ1) is 3.39. The first-order valence-corrected chi connectivity index (χ1v) is 3.01. The van der Waals surface area contributed by atoms with Crippen molar-refractivity contribution in [3.05, 3.63) is 35.1 Å². The first kappa shape index (κ1) is 4.72. The second-order valence-electron chi connectivity index (χ2n) is 1.32. The Hall–Kier alpha value is -0.430. The van der Waals surface area contributed by atoms with Crippen molar-refractivity contribution in [3.8, 4) is 0 Å². The normalized spacial score (nSPS) is 18.0. The summed E-state index contributed by atoms with van der Waals surface area (Å²) >= 11 is 1.68. The molecule has 0 aromatic rings. The van der Waals surface area contributed by atoms with Crippen molar-refractivity contribution in [2.24, 2.45) is 0 Å². The van der Waals surface area contributed by atoms with Crippen LogP contribution in [0.4, 0.5) is 0 Å². The summed E-state index contributed by atoms with van der Waals surface area (Å²) in [5.74, 6) is 0. The lowest BCUT2D eigenvalue weighted by atomic mass is 10.3. The zero-order valence-electron chi connectivity index (χ0n) is 3.92. The van der Waals surface area contributed by atoms with Gasteiger partial charge in [0.1, 0.15) is 0 Å². The number of allylic oxidation sites excluding steroid dienone is 3. The van der Waals surface area contributed by atoms with Crippen molar-refractivity contribution in [2.45, 2.75) is 0 Å². The van der Waals surface area contributed by atoms with Gasteiger partial charge in [0.25, 0.3) is 0 Å². The van der Waals surface area contributed by atoms with E-state index in [-0.39, 0.29) is 0 Å². The molecule has 0 fully saturated rings. The molecule has 0 aromatic heterocycles. The summed E-state index contributed by atoms with van der Waals surface area (Å²) in [4.78, 5) is 0. The van der Waals surface area contributed by atoms with E-state index < -0.39 is 0 Å². The molecule has 1 heteroatoms. The van der Waals surface area contributed by atoms with Crippen LogP contribution in [0.1, 0.15) is 0 Å². The summed E-state index contributed by atoms with van der Waals surface area (Å²) in [6, 6.07) is 0. The summed E-state index contributed by atoms with van der Waals surface area (Å²) < 4.78 is 0. The maximum absolute atomic E-state index is 3.73.